The number of phenols is 2. The smallest absolute Gasteiger partial charge is 0.317 e. The van der Waals surface area contributed by atoms with Crippen molar-refractivity contribution in [2.24, 2.45) is 0 Å². The van der Waals surface area contributed by atoms with Crippen LogP contribution < -0.4 is 5.32 Å². The van der Waals surface area contributed by atoms with Crippen LogP contribution in [-0.2, 0) is 78.1 Å². The van der Waals surface area contributed by atoms with Crippen LogP contribution in [0.4, 0.5) is 0 Å². The number of aryl methyl sites for hydroxylation is 3. The number of carbonyl (C=O) groups excluding carboxylic acids is 1. The van der Waals surface area contributed by atoms with Gasteiger partial charge in [0.2, 0.25) is 5.91 Å². The SMILES string of the molecule is Cc1ccc(CNC(=O)CN2Cc3cccc(n3)CN(CC(=O)O)Cc3cc(C)cc(c3O)CN(CC(=O)O)Cc3cccc(n3)CN(CC(=O)O)Cc3cc(C)cc(c3O)C2)cc1. The molecule has 0 spiro atoms. The fourth-order valence-corrected chi connectivity index (χ4v) is 8.05. The highest BCUT2D eigenvalue weighted by atomic mass is 16.4. The molecule has 1 amide bonds. The Morgan fingerprint density at radius 1 is 0.484 bits per heavy atom. The second kappa shape index (κ2) is 21.6. The molecule has 1 aliphatic rings. The second-order valence-corrected chi connectivity index (χ2v) is 16.6. The number of nitrogens with one attached hydrogen (secondary N) is 1. The monoisotopic (exact) mass is 873 g/mol. The number of carboxylic acids is 3. The van der Waals surface area contributed by atoms with Crippen molar-refractivity contribution in [2.75, 3.05) is 26.2 Å². The van der Waals surface area contributed by atoms with Crippen LogP contribution in [0.1, 0.15) is 67.3 Å². The van der Waals surface area contributed by atoms with Crippen LogP contribution in [0, 0.1) is 20.8 Å². The van der Waals surface area contributed by atoms with E-state index >= 15 is 0 Å². The summed E-state index contributed by atoms with van der Waals surface area (Å²) in [5, 5.41) is 56.3. The van der Waals surface area contributed by atoms with Crippen molar-refractivity contribution in [1.29, 1.82) is 0 Å². The molecule has 6 rings (SSSR count). The maximum Gasteiger partial charge on any atom is 0.317 e. The van der Waals surface area contributed by atoms with Crippen LogP contribution >= 0.6 is 0 Å². The zero-order valence-electron chi connectivity index (χ0n) is 36.3. The van der Waals surface area contributed by atoms with E-state index in [1.165, 1.54) is 0 Å². The lowest BCUT2D eigenvalue weighted by Gasteiger charge is -2.26. The number of hydrogen-bond acceptors (Lipinski definition) is 12. The highest BCUT2D eigenvalue weighted by Gasteiger charge is 2.23. The Bertz CT molecular complexity index is 2470. The Hall–Kier alpha value is -6.72. The Balaban J connectivity index is 1.40. The van der Waals surface area contributed by atoms with Gasteiger partial charge in [0.25, 0.3) is 0 Å². The average Bonchev–Trinajstić information content (AvgIpc) is 3.20. The predicted octanol–water partition coefficient (Wildman–Crippen LogP) is 4.71. The van der Waals surface area contributed by atoms with E-state index in [4.69, 9.17) is 9.97 Å². The number of benzene rings is 3. The average molecular weight is 874 g/mol. The number of aromatic hydroxyl groups is 2. The molecule has 16 heteroatoms. The van der Waals surface area contributed by atoms with Gasteiger partial charge in [0.1, 0.15) is 11.5 Å². The van der Waals surface area contributed by atoms with Crippen molar-refractivity contribution in [3.63, 3.8) is 0 Å². The molecule has 0 aliphatic carbocycles. The molecule has 0 saturated carbocycles. The van der Waals surface area contributed by atoms with Crippen molar-refractivity contribution >= 4 is 23.8 Å². The normalized spacial score (nSPS) is 14.9. The Kier molecular flexibility index (Phi) is 15.8. The molecule has 3 heterocycles. The minimum Gasteiger partial charge on any atom is -0.507 e. The van der Waals surface area contributed by atoms with Crippen LogP contribution in [-0.4, -0.2) is 105 Å². The second-order valence-electron chi connectivity index (χ2n) is 16.6. The summed E-state index contributed by atoms with van der Waals surface area (Å²) in [5.41, 5.74) is 7.70. The van der Waals surface area contributed by atoms with Gasteiger partial charge in [-0.2, -0.15) is 0 Å². The third kappa shape index (κ3) is 13.9. The maximum absolute atomic E-state index is 13.6. The van der Waals surface area contributed by atoms with E-state index in [1.54, 1.807) is 63.2 Å². The number of phenolic OH excluding ortho intramolecular Hbond substituents is 2. The molecule has 6 N–H and O–H groups in total. The van der Waals surface area contributed by atoms with Crippen LogP contribution in [0.5, 0.6) is 11.5 Å². The number of hydrogen-bond donors (Lipinski definition) is 6. The van der Waals surface area contributed by atoms with Gasteiger partial charge in [-0.15, -0.1) is 0 Å². The topological polar surface area (TPSA) is 220 Å². The largest absolute Gasteiger partial charge is 0.507 e. The fourth-order valence-electron chi connectivity index (χ4n) is 8.05. The lowest BCUT2D eigenvalue weighted by Crippen LogP contribution is -2.36. The molecule has 0 saturated heterocycles. The molecule has 0 fully saturated rings. The lowest BCUT2D eigenvalue weighted by molar-refractivity contribution is -0.139. The third-order valence-electron chi connectivity index (χ3n) is 10.7. The molecule has 64 heavy (non-hydrogen) atoms. The molecular weight excluding hydrogens is 819 g/mol. The van der Waals surface area contributed by atoms with E-state index in [1.807, 2.05) is 62.1 Å². The van der Waals surface area contributed by atoms with Gasteiger partial charge < -0.3 is 30.8 Å². The number of fused-ring (bicyclic) bond motifs is 8. The van der Waals surface area contributed by atoms with Gasteiger partial charge in [0.05, 0.1) is 49.0 Å². The van der Waals surface area contributed by atoms with Gasteiger partial charge in [-0.3, -0.25) is 48.7 Å². The van der Waals surface area contributed by atoms with Crippen molar-refractivity contribution in [1.82, 2.24) is 34.9 Å². The quantitative estimate of drug-likeness (QED) is 0.112. The zero-order valence-corrected chi connectivity index (χ0v) is 36.3. The molecule has 8 bridgehead atoms. The third-order valence-corrected chi connectivity index (χ3v) is 10.7. The van der Waals surface area contributed by atoms with E-state index in [0.29, 0.717) is 51.6 Å². The molecular formula is C48H55N7O9. The molecule has 0 atom stereocenters. The summed E-state index contributed by atoms with van der Waals surface area (Å²) in [6.07, 6.45) is 0. The summed E-state index contributed by atoms with van der Waals surface area (Å²) in [5.74, 6) is -3.63. The van der Waals surface area contributed by atoms with Gasteiger partial charge in [-0.25, -0.2) is 0 Å². The zero-order chi connectivity index (χ0) is 45.9. The number of aliphatic carboxylic acids is 3. The minimum absolute atomic E-state index is 0.0296. The van der Waals surface area contributed by atoms with Gasteiger partial charge in [-0.05, 0) is 50.6 Å². The van der Waals surface area contributed by atoms with Crippen LogP contribution in [0.15, 0.2) is 84.9 Å². The minimum atomic E-state index is -1.09. The first kappa shape index (κ1) is 46.8. The number of nitrogens with zero attached hydrogens (tertiary/aromatic N) is 6. The van der Waals surface area contributed by atoms with Gasteiger partial charge in [0, 0.05) is 81.2 Å². The lowest BCUT2D eigenvalue weighted by atomic mass is 10.0. The molecule has 3 aromatic carbocycles. The van der Waals surface area contributed by atoms with E-state index in [9.17, 15) is 44.7 Å². The van der Waals surface area contributed by atoms with Crippen LogP contribution in [0.25, 0.3) is 0 Å². The number of amides is 1. The standard InChI is InChI=1S/C48H55N7O9/c1-31-10-12-34(13-11-31)18-49-43(56)27-52-19-35-14-32(2)15-36(47(35)63)20-53(28-44(57)58)25-41-8-5-9-42(51-41)26-55(30-46(61)62)22-38-17-33(3)16-37(48(38)64)21-54(29-45(59)60)24-40-7-4-6-39(23-52)50-40/h4-17,63-64H,18-30H2,1-3H3,(H,49,56)(H,57,58)(H,59,60)(H,61,62). The highest BCUT2D eigenvalue weighted by Crippen LogP contribution is 2.30. The first-order valence-corrected chi connectivity index (χ1v) is 20.9. The van der Waals surface area contributed by atoms with E-state index < -0.39 is 17.9 Å². The molecule has 5 aromatic rings. The summed E-state index contributed by atoms with van der Waals surface area (Å²) in [6.45, 7) is 5.54. The summed E-state index contributed by atoms with van der Waals surface area (Å²) < 4.78 is 0. The number of carboxylic acid groups (broad SMARTS) is 3. The van der Waals surface area contributed by atoms with Crippen LogP contribution in [0.2, 0.25) is 0 Å². The number of pyridine rings is 2. The van der Waals surface area contributed by atoms with Gasteiger partial charge in [-0.1, -0.05) is 77.4 Å². The van der Waals surface area contributed by atoms with Crippen molar-refractivity contribution < 1.29 is 44.7 Å². The molecule has 1 aliphatic heterocycles. The van der Waals surface area contributed by atoms with Crippen molar-refractivity contribution in [3.05, 3.63) is 152 Å². The number of rotatable bonds is 10. The molecule has 16 nitrogen and oxygen atoms in total. The Morgan fingerprint density at radius 3 is 1.14 bits per heavy atom. The molecule has 2 aromatic heterocycles. The molecule has 0 unspecified atom stereocenters. The van der Waals surface area contributed by atoms with E-state index in [2.05, 4.69) is 5.32 Å². The number of aromatic nitrogens is 2. The Morgan fingerprint density at radius 2 is 0.812 bits per heavy atom. The fraction of sp³-hybridized carbons (Fsp3) is 0.333. The molecule has 0 radical (unpaired) electrons. The van der Waals surface area contributed by atoms with E-state index in [-0.39, 0.29) is 95.9 Å². The predicted molar refractivity (Wildman–Crippen MR) is 237 cm³/mol. The molecule has 336 valence electrons. The van der Waals surface area contributed by atoms with Crippen molar-refractivity contribution in [2.45, 2.75) is 79.7 Å². The Labute approximate surface area is 372 Å². The first-order valence-electron chi connectivity index (χ1n) is 20.9. The summed E-state index contributed by atoms with van der Waals surface area (Å²) >= 11 is 0. The summed E-state index contributed by atoms with van der Waals surface area (Å²) in [6, 6.07) is 25.6. The maximum atomic E-state index is 13.6. The van der Waals surface area contributed by atoms with Crippen molar-refractivity contribution in [3.8, 4) is 11.5 Å². The highest BCUT2D eigenvalue weighted by molar-refractivity contribution is 5.78. The van der Waals surface area contributed by atoms with Crippen LogP contribution in [0.3, 0.4) is 0 Å². The van der Waals surface area contributed by atoms with Gasteiger partial charge >= 0.3 is 17.9 Å². The van der Waals surface area contributed by atoms with Gasteiger partial charge in [0.15, 0.2) is 0 Å². The number of carbonyl (C=O) groups is 4. The van der Waals surface area contributed by atoms with E-state index in [0.717, 1.165) is 22.3 Å². The summed E-state index contributed by atoms with van der Waals surface area (Å²) in [7, 11) is 0. The summed E-state index contributed by atoms with van der Waals surface area (Å²) in [4.78, 5) is 66.5. The first-order chi connectivity index (χ1) is 30.5.